The maximum absolute atomic E-state index is 12.9. The molecule has 0 unspecified atom stereocenters. The first-order valence-electron chi connectivity index (χ1n) is 8.04. The number of para-hydroxylation sites is 2. The first kappa shape index (κ1) is 12.9. The molecule has 0 aromatic heterocycles. The molecule has 2 atom stereocenters. The van der Waals surface area contributed by atoms with E-state index in [2.05, 4.69) is 30.1 Å². The third kappa shape index (κ3) is 1.61. The lowest BCUT2D eigenvalue weighted by atomic mass is 9.91. The summed E-state index contributed by atoms with van der Waals surface area (Å²) in [6.07, 6.45) is 0.886. The third-order valence-corrected chi connectivity index (χ3v) is 5.28. The van der Waals surface area contributed by atoms with Crippen molar-refractivity contribution < 1.29 is 4.79 Å². The van der Waals surface area contributed by atoms with E-state index in [4.69, 9.17) is 4.99 Å². The number of rotatable bonds is 0. The highest BCUT2D eigenvalue weighted by molar-refractivity contribution is 6.02. The van der Waals surface area contributed by atoms with E-state index in [0.29, 0.717) is 0 Å². The van der Waals surface area contributed by atoms with Gasteiger partial charge in [0.15, 0.2) is 0 Å². The van der Waals surface area contributed by atoms with Crippen molar-refractivity contribution in [1.82, 2.24) is 4.90 Å². The second-order valence-corrected chi connectivity index (χ2v) is 6.41. The second-order valence-electron chi connectivity index (χ2n) is 6.41. The summed E-state index contributed by atoms with van der Waals surface area (Å²) in [6, 6.07) is 16.2. The molecule has 4 nitrogen and oxygen atoms in total. The fourth-order valence-electron chi connectivity index (χ4n) is 4.22. The smallest absolute Gasteiger partial charge is 0.257 e. The highest BCUT2D eigenvalue weighted by atomic mass is 16.2. The molecule has 1 fully saturated rings. The highest BCUT2D eigenvalue weighted by Crippen LogP contribution is 2.37. The fraction of sp³-hybridized carbons (Fsp3) is 0.263. The molecular weight excluding hydrogens is 286 g/mol. The molecule has 3 aliphatic heterocycles. The van der Waals surface area contributed by atoms with Gasteiger partial charge in [-0.3, -0.25) is 9.79 Å². The molecule has 114 valence electrons. The van der Waals surface area contributed by atoms with Crippen LogP contribution < -0.4 is 15.5 Å². The van der Waals surface area contributed by atoms with Crippen molar-refractivity contribution >= 4 is 17.2 Å². The van der Waals surface area contributed by atoms with E-state index < -0.39 is 0 Å². The van der Waals surface area contributed by atoms with E-state index in [9.17, 15) is 4.79 Å². The maximum atomic E-state index is 12.9. The van der Waals surface area contributed by atoms with Crippen molar-refractivity contribution in [3.8, 4) is 0 Å². The molecule has 3 heterocycles. The number of nitrogens with zero attached hydrogens (tertiary/aromatic N) is 3. The Labute approximate surface area is 134 Å². The van der Waals surface area contributed by atoms with Gasteiger partial charge in [-0.05, 0) is 30.2 Å². The maximum Gasteiger partial charge on any atom is 0.257 e. The van der Waals surface area contributed by atoms with E-state index in [1.807, 2.05) is 35.2 Å². The molecule has 1 amide bonds. The number of carbonyl (C=O) groups excluding carboxylic acids is 1. The van der Waals surface area contributed by atoms with Gasteiger partial charge in [-0.2, -0.15) is 0 Å². The summed E-state index contributed by atoms with van der Waals surface area (Å²) in [5.74, 6) is 0.133. The van der Waals surface area contributed by atoms with Gasteiger partial charge < -0.3 is 9.80 Å². The molecule has 0 N–H and O–H groups in total. The molecular formula is C19H17N3O. The van der Waals surface area contributed by atoms with Crippen LogP contribution >= 0.6 is 0 Å². The Balaban J connectivity index is 1.70. The van der Waals surface area contributed by atoms with Crippen LogP contribution in [0.15, 0.2) is 53.5 Å². The molecule has 0 aliphatic carbocycles. The van der Waals surface area contributed by atoms with Gasteiger partial charge in [-0.1, -0.05) is 30.3 Å². The highest BCUT2D eigenvalue weighted by Gasteiger charge is 2.45. The molecule has 0 saturated carbocycles. The number of fused-ring (bicyclic) bond motifs is 5. The van der Waals surface area contributed by atoms with Crippen molar-refractivity contribution in [1.29, 1.82) is 0 Å². The summed E-state index contributed by atoms with van der Waals surface area (Å²) in [4.78, 5) is 22.1. The van der Waals surface area contributed by atoms with Gasteiger partial charge in [0.05, 0.1) is 16.6 Å². The van der Waals surface area contributed by atoms with Crippen LogP contribution in [0.4, 0.5) is 5.69 Å². The normalized spacial score (nSPS) is 24.6. The van der Waals surface area contributed by atoms with Crippen molar-refractivity contribution in [2.45, 2.75) is 18.6 Å². The zero-order chi connectivity index (χ0) is 15.6. The number of carbonyl (C=O) groups is 1. The summed E-state index contributed by atoms with van der Waals surface area (Å²) >= 11 is 0. The Bertz CT molecular complexity index is 949. The van der Waals surface area contributed by atoms with Gasteiger partial charge in [-0.25, -0.2) is 0 Å². The standard InChI is InChI=1S/C19H17N3O/c1-21-16-9-5-3-7-14(16)19(23)22-11-10-13-12-6-2-4-8-15(12)20-17(13)18(21)22/h2-9,17-18H,10-11H2,1H3/t17-,18+/m1/s1. The minimum atomic E-state index is -0.0199. The zero-order valence-electron chi connectivity index (χ0n) is 12.9. The lowest BCUT2D eigenvalue weighted by Crippen LogP contribution is -2.61. The van der Waals surface area contributed by atoms with Crippen LogP contribution in [0.1, 0.15) is 16.8 Å². The lowest BCUT2D eigenvalue weighted by molar-refractivity contribution is 0.0624. The van der Waals surface area contributed by atoms with Gasteiger partial charge in [-0.15, -0.1) is 0 Å². The molecule has 4 heteroatoms. The molecule has 2 aromatic carbocycles. The monoisotopic (exact) mass is 303 g/mol. The SMILES string of the molecule is CN1c2ccccc2C(=O)N2CCC3=c4ccccc4=N[C@H]3[C@H]21. The number of benzene rings is 2. The zero-order valence-corrected chi connectivity index (χ0v) is 12.9. The number of piperidine rings is 1. The Hall–Kier alpha value is -2.62. The molecule has 5 rings (SSSR count). The van der Waals surface area contributed by atoms with Crippen molar-refractivity contribution in [2.24, 2.45) is 4.99 Å². The van der Waals surface area contributed by atoms with Crippen molar-refractivity contribution in [3.63, 3.8) is 0 Å². The average Bonchev–Trinajstić information content (AvgIpc) is 2.98. The average molecular weight is 303 g/mol. The van der Waals surface area contributed by atoms with Crippen LogP contribution in [-0.4, -0.2) is 36.6 Å². The van der Waals surface area contributed by atoms with E-state index in [-0.39, 0.29) is 18.1 Å². The number of amides is 1. The molecule has 2 aromatic rings. The lowest BCUT2D eigenvalue weighted by Gasteiger charge is -2.49. The van der Waals surface area contributed by atoms with Crippen molar-refractivity contribution in [3.05, 3.63) is 64.7 Å². The van der Waals surface area contributed by atoms with Gasteiger partial charge in [0, 0.05) is 18.8 Å². The van der Waals surface area contributed by atoms with Crippen LogP contribution in [0.25, 0.3) is 5.57 Å². The Morgan fingerprint density at radius 2 is 1.87 bits per heavy atom. The minimum absolute atomic E-state index is 0.0199. The summed E-state index contributed by atoms with van der Waals surface area (Å²) in [5.41, 5.74) is 3.18. The topological polar surface area (TPSA) is 35.9 Å². The van der Waals surface area contributed by atoms with Crippen LogP contribution in [0, 0.1) is 0 Å². The van der Waals surface area contributed by atoms with E-state index >= 15 is 0 Å². The first-order valence-corrected chi connectivity index (χ1v) is 8.04. The minimum Gasteiger partial charge on any atom is -0.351 e. The Morgan fingerprint density at radius 3 is 2.78 bits per heavy atom. The second kappa shape index (κ2) is 4.44. The fourth-order valence-corrected chi connectivity index (χ4v) is 4.22. The molecule has 0 spiro atoms. The largest absolute Gasteiger partial charge is 0.351 e. The number of hydrogen-bond donors (Lipinski definition) is 0. The van der Waals surface area contributed by atoms with E-state index in [1.54, 1.807) is 0 Å². The summed E-state index contributed by atoms with van der Waals surface area (Å²) in [7, 11) is 2.07. The summed E-state index contributed by atoms with van der Waals surface area (Å²) in [5, 5.41) is 2.32. The quantitative estimate of drug-likeness (QED) is 0.732. The van der Waals surface area contributed by atoms with Gasteiger partial charge in [0.2, 0.25) is 0 Å². The van der Waals surface area contributed by atoms with Gasteiger partial charge in [0.25, 0.3) is 5.91 Å². The van der Waals surface area contributed by atoms with Crippen LogP contribution in [0.5, 0.6) is 0 Å². The molecule has 0 radical (unpaired) electrons. The predicted octanol–water partition coefficient (Wildman–Crippen LogP) is 1.16. The summed E-state index contributed by atoms with van der Waals surface area (Å²) in [6.45, 7) is 0.762. The molecule has 1 saturated heterocycles. The number of likely N-dealkylation sites (N-methyl/N-ethyl adjacent to an activating group) is 1. The number of anilines is 1. The first-order chi connectivity index (χ1) is 11.3. The van der Waals surface area contributed by atoms with E-state index in [1.165, 1.54) is 10.8 Å². The molecule has 23 heavy (non-hydrogen) atoms. The van der Waals surface area contributed by atoms with Gasteiger partial charge in [0.1, 0.15) is 12.2 Å². The Kier molecular flexibility index (Phi) is 2.49. The van der Waals surface area contributed by atoms with E-state index in [0.717, 1.165) is 29.6 Å². The Morgan fingerprint density at radius 1 is 1.09 bits per heavy atom. The molecule has 0 bridgehead atoms. The van der Waals surface area contributed by atoms with Gasteiger partial charge >= 0.3 is 0 Å². The third-order valence-electron chi connectivity index (χ3n) is 5.28. The molecule has 3 aliphatic rings. The van der Waals surface area contributed by atoms with Crippen LogP contribution in [0.3, 0.4) is 0 Å². The van der Waals surface area contributed by atoms with Crippen molar-refractivity contribution in [2.75, 3.05) is 18.5 Å². The number of hydrogen-bond acceptors (Lipinski definition) is 3. The summed E-state index contributed by atoms with van der Waals surface area (Å²) < 4.78 is 0. The predicted molar refractivity (Wildman–Crippen MR) is 88.7 cm³/mol. The van der Waals surface area contributed by atoms with Crippen LogP contribution in [0.2, 0.25) is 0 Å². The van der Waals surface area contributed by atoms with Crippen LogP contribution in [-0.2, 0) is 0 Å².